The molecule has 0 aromatic carbocycles. The lowest BCUT2D eigenvalue weighted by Crippen LogP contribution is -2.20. The van der Waals surface area contributed by atoms with Crippen molar-refractivity contribution in [1.82, 2.24) is 0 Å². The molecule has 0 fully saturated rings. The van der Waals surface area contributed by atoms with Gasteiger partial charge in [0.15, 0.2) is 0 Å². The summed E-state index contributed by atoms with van der Waals surface area (Å²) >= 11 is 0. The molecular weight excluding hydrogens is 256 g/mol. The Hall–Kier alpha value is -0.820. The lowest BCUT2D eigenvalue weighted by molar-refractivity contribution is 0.159. The van der Waals surface area contributed by atoms with Crippen molar-refractivity contribution >= 4 is 0 Å². The number of hydrogen-bond acceptors (Lipinski definition) is 1. The summed E-state index contributed by atoms with van der Waals surface area (Å²) in [5.41, 5.74) is 3.93. The highest BCUT2D eigenvalue weighted by Gasteiger charge is 2.19. The number of aliphatic hydroxyl groups excluding tert-OH is 1. The Morgan fingerprint density at radius 1 is 1.14 bits per heavy atom. The van der Waals surface area contributed by atoms with E-state index in [9.17, 15) is 5.11 Å². The van der Waals surface area contributed by atoms with Gasteiger partial charge in [0, 0.05) is 5.92 Å². The molecule has 0 aromatic heterocycles. The van der Waals surface area contributed by atoms with Crippen molar-refractivity contribution in [2.75, 3.05) is 0 Å². The molecule has 1 aliphatic carbocycles. The summed E-state index contributed by atoms with van der Waals surface area (Å²) in [5, 5.41) is 10.5. The van der Waals surface area contributed by atoms with Gasteiger partial charge < -0.3 is 5.11 Å². The van der Waals surface area contributed by atoms with Crippen LogP contribution in [0.1, 0.15) is 72.6 Å². The van der Waals surface area contributed by atoms with E-state index in [-0.39, 0.29) is 12.0 Å². The summed E-state index contributed by atoms with van der Waals surface area (Å²) in [7, 11) is 0. The van der Waals surface area contributed by atoms with Crippen LogP contribution in [0.3, 0.4) is 0 Å². The van der Waals surface area contributed by atoms with Gasteiger partial charge in [-0.2, -0.15) is 0 Å². The maximum Gasteiger partial charge on any atom is 0.0788 e. The van der Waals surface area contributed by atoms with Crippen LogP contribution >= 0.6 is 0 Å². The minimum absolute atomic E-state index is 0.211. The van der Waals surface area contributed by atoms with Crippen molar-refractivity contribution < 1.29 is 5.11 Å². The lowest BCUT2D eigenvalue weighted by Gasteiger charge is -2.23. The smallest absolute Gasteiger partial charge is 0.0788 e. The predicted octanol–water partition coefficient (Wildman–Crippen LogP) is 5.81. The standard InChI is InChI=1S/C20H34O/c1-15(2)19-13-12-17(4)10-6-8-16(3)9-7-11-18(5)14-20(19)21/h9,14,17,19-21H,1,6-8,10-13H2,2-5H3/b16-9+,18-14+/t17-,19-,20-/m0/s1. The normalized spacial score (nSPS) is 35.0. The number of allylic oxidation sites excluding steroid dienone is 3. The minimum Gasteiger partial charge on any atom is -0.388 e. The summed E-state index contributed by atoms with van der Waals surface area (Å²) in [6.07, 6.45) is 12.2. The average molecular weight is 290 g/mol. The molecule has 0 saturated heterocycles. The quantitative estimate of drug-likeness (QED) is 0.604. The van der Waals surface area contributed by atoms with E-state index >= 15 is 0 Å². The molecule has 0 aromatic rings. The molecule has 0 unspecified atom stereocenters. The zero-order valence-electron chi connectivity index (χ0n) is 14.5. The van der Waals surface area contributed by atoms with E-state index in [0.29, 0.717) is 0 Å². The molecule has 1 N–H and O–H groups in total. The van der Waals surface area contributed by atoms with Gasteiger partial charge in [-0.25, -0.2) is 0 Å². The molecule has 1 heteroatoms. The molecule has 120 valence electrons. The Kier molecular flexibility index (Phi) is 8.03. The maximum absolute atomic E-state index is 10.5. The zero-order chi connectivity index (χ0) is 15.8. The van der Waals surface area contributed by atoms with Crippen LogP contribution in [0, 0.1) is 11.8 Å². The highest BCUT2D eigenvalue weighted by atomic mass is 16.3. The van der Waals surface area contributed by atoms with Crippen molar-refractivity contribution in [1.29, 1.82) is 0 Å². The van der Waals surface area contributed by atoms with Gasteiger partial charge in [0.05, 0.1) is 6.10 Å². The fourth-order valence-corrected chi connectivity index (χ4v) is 3.19. The summed E-state index contributed by atoms with van der Waals surface area (Å²) in [6, 6.07) is 0. The summed E-state index contributed by atoms with van der Waals surface area (Å²) in [6.45, 7) is 12.9. The van der Waals surface area contributed by atoms with E-state index in [1.807, 2.05) is 0 Å². The molecule has 0 heterocycles. The van der Waals surface area contributed by atoms with Gasteiger partial charge in [-0.05, 0) is 58.8 Å². The van der Waals surface area contributed by atoms with Crippen LogP contribution in [-0.2, 0) is 0 Å². The molecule has 0 aliphatic heterocycles. The van der Waals surface area contributed by atoms with Gasteiger partial charge in [0.2, 0.25) is 0 Å². The molecule has 1 aliphatic rings. The van der Waals surface area contributed by atoms with Crippen molar-refractivity contribution in [3.8, 4) is 0 Å². The molecule has 1 rings (SSSR count). The highest BCUT2D eigenvalue weighted by Crippen LogP contribution is 2.27. The van der Waals surface area contributed by atoms with Crippen molar-refractivity contribution in [2.24, 2.45) is 11.8 Å². The van der Waals surface area contributed by atoms with Crippen molar-refractivity contribution in [3.05, 3.63) is 35.5 Å². The number of hydrogen-bond donors (Lipinski definition) is 1. The van der Waals surface area contributed by atoms with Crippen LogP contribution in [0.15, 0.2) is 35.5 Å². The Labute approximate surface area is 131 Å². The van der Waals surface area contributed by atoms with Crippen LogP contribution in [-0.4, -0.2) is 11.2 Å². The first-order chi connectivity index (χ1) is 9.90. The van der Waals surface area contributed by atoms with Gasteiger partial charge in [0.1, 0.15) is 0 Å². The largest absolute Gasteiger partial charge is 0.388 e. The number of rotatable bonds is 1. The Balaban J connectivity index is 2.82. The summed E-state index contributed by atoms with van der Waals surface area (Å²) < 4.78 is 0. The lowest BCUT2D eigenvalue weighted by atomic mass is 9.85. The van der Waals surface area contributed by atoms with Gasteiger partial charge >= 0.3 is 0 Å². The van der Waals surface area contributed by atoms with E-state index in [1.54, 1.807) is 0 Å². The van der Waals surface area contributed by atoms with Crippen LogP contribution < -0.4 is 0 Å². The molecule has 1 nitrogen and oxygen atoms in total. The van der Waals surface area contributed by atoms with Gasteiger partial charge in [0.25, 0.3) is 0 Å². The second kappa shape index (κ2) is 9.25. The fraction of sp³-hybridized carbons (Fsp3) is 0.700. The van der Waals surface area contributed by atoms with Crippen LogP contribution in [0.2, 0.25) is 0 Å². The molecule has 0 spiro atoms. The zero-order valence-corrected chi connectivity index (χ0v) is 14.5. The highest BCUT2D eigenvalue weighted by molar-refractivity contribution is 5.11. The molecule has 0 amide bonds. The van der Waals surface area contributed by atoms with E-state index in [4.69, 9.17) is 0 Å². The monoisotopic (exact) mass is 290 g/mol. The first-order valence-corrected chi connectivity index (χ1v) is 8.56. The molecule has 0 saturated carbocycles. The van der Waals surface area contributed by atoms with Crippen LogP contribution in [0.4, 0.5) is 0 Å². The maximum atomic E-state index is 10.5. The Morgan fingerprint density at radius 3 is 2.52 bits per heavy atom. The molecule has 21 heavy (non-hydrogen) atoms. The summed E-state index contributed by atoms with van der Waals surface area (Å²) in [4.78, 5) is 0. The Bertz CT molecular complexity index is 389. The number of aliphatic hydroxyl groups is 1. The molecule has 0 radical (unpaired) electrons. The Morgan fingerprint density at radius 2 is 1.86 bits per heavy atom. The van der Waals surface area contributed by atoms with E-state index in [1.165, 1.54) is 36.8 Å². The molecule has 3 atom stereocenters. The summed E-state index contributed by atoms with van der Waals surface area (Å²) in [5.74, 6) is 0.947. The SMILES string of the molecule is C=C(C)[C@@H]1CC[C@@H](C)CCC/C(C)=C/CC/C(C)=C/[C@@H]1O. The first-order valence-electron chi connectivity index (χ1n) is 8.56. The third kappa shape index (κ3) is 7.13. The van der Waals surface area contributed by atoms with Crippen molar-refractivity contribution in [2.45, 2.75) is 78.7 Å². The fourth-order valence-electron chi connectivity index (χ4n) is 3.19. The molecule has 0 bridgehead atoms. The van der Waals surface area contributed by atoms with E-state index in [0.717, 1.165) is 30.8 Å². The predicted molar refractivity (Wildman–Crippen MR) is 93.3 cm³/mol. The first kappa shape index (κ1) is 18.2. The van der Waals surface area contributed by atoms with Crippen LogP contribution in [0.5, 0.6) is 0 Å². The van der Waals surface area contributed by atoms with Gasteiger partial charge in [-0.1, -0.05) is 55.2 Å². The third-order valence-corrected chi connectivity index (χ3v) is 4.77. The molecular formula is C20H34O. The third-order valence-electron chi connectivity index (χ3n) is 4.77. The van der Waals surface area contributed by atoms with E-state index in [2.05, 4.69) is 46.4 Å². The average Bonchev–Trinajstić information content (AvgIpc) is 2.37. The van der Waals surface area contributed by atoms with Crippen LogP contribution in [0.25, 0.3) is 0 Å². The topological polar surface area (TPSA) is 20.2 Å². The van der Waals surface area contributed by atoms with Gasteiger partial charge in [-0.3, -0.25) is 0 Å². The second-order valence-corrected chi connectivity index (χ2v) is 7.12. The minimum atomic E-state index is -0.372. The van der Waals surface area contributed by atoms with Gasteiger partial charge in [-0.15, -0.1) is 0 Å². The van der Waals surface area contributed by atoms with E-state index < -0.39 is 0 Å². The van der Waals surface area contributed by atoms with Crippen molar-refractivity contribution in [3.63, 3.8) is 0 Å². The second-order valence-electron chi connectivity index (χ2n) is 7.12.